The zero-order valence-electron chi connectivity index (χ0n) is 19.5. The Morgan fingerprint density at radius 3 is 2.48 bits per heavy atom. The molecule has 0 aliphatic heterocycles. The quantitative estimate of drug-likeness (QED) is 0.260. The Hall–Kier alpha value is -3.60. The van der Waals surface area contributed by atoms with Crippen LogP contribution in [0.3, 0.4) is 0 Å². The lowest BCUT2D eigenvalue weighted by atomic mass is 10.00. The van der Waals surface area contributed by atoms with E-state index < -0.39 is 5.63 Å². The monoisotopic (exact) mass is 444 g/mol. The SMILES string of the molecule is CCOC(=O)CCc1c(C)c2ccc(OCc3c(C)ccc4ccccc34)c(C)c2oc1=O. The van der Waals surface area contributed by atoms with Crippen LogP contribution in [-0.2, 0) is 22.6 Å². The predicted octanol–water partition coefficient (Wildman–Crippen LogP) is 5.95. The van der Waals surface area contributed by atoms with Crippen LogP contribution in [0.1, 0.15) is 41.2 Å². The molecule has 0 bridgehead atoms. The zero-order valence-corrected chi connectivity index (χ0v) is 19.5. The minimum Gasteiger partial charge on any atom is -0.488 e. The summed E-state index contributed by atoms with van der Waals surface area (Å²) in [6.07, 6.45) is 0.441. The number of esters is 1. The van der Waals surface area contributed by atoms with E-state index in [1.54, 1.807) is 6.92 Å². The molecule has 170 valence electrons. The first-order chi connectivity index (χ1) is 15.9. The van der Waals surface area contributed by atoms with Gasteiger partial charge in [0.25, 0.3) is 0 Å². The summed E-state index contributed by atoms with van der Waals surface area (Å²) in [6.45, 7) is 8.37. The molecule has 0 N–H and O–H groups in total. The van der Waals surface area contributed by atoms with Crippen LogP contribution in [0.25, 0.3) is 21.7 Å². The summed E-state index contributed by atoms with van der Waals surface area (Å²) in [6, 6.07) is 16.3. The van der Waals surface area contributed by atoms with Crippen LogP contribution < -0.4 is 10.4 Å². The molecule has 0 radical (unpaired) electrons. The van der Waals surface area contributed by atoms with Crippen LogP contribution in [0, 0.1) is 20.8 Å². The molecule has 4 aromatic rings. The fourth-order valence-corrected chi connectivity index (χ4v) is 4.26. The van der Waals surface area contributed by atoms with Crippen molar-refractivity contribution in [2.45, 2.75) is 47.1 Å². The normalized spacial score (nSPS) is 11.2. The largest absolute Gasteiger partial charge is 0.488 e. The molecule has 0 amide bonds. The maximum atomic E-state index is 12.7. The maximum absolute atomic E-state index is 12.7. The van der Waals surface area contributed by atoms with Gasteiger partial charge in [-0.2, -0.15) is 0 Å². The molecule has 5 heteroatoms. The number of aryl methyl sites for hydroxylation is 3. The lowest BCUT2D eigenvalue weighted by Crippen LogP contribution is -2.14. The molecule has 5 nitrogen and oxygen atoms in total. The number of hydrogen-bond acceptors (Lipinski definition) is 5. The third kappa shape index (κ3) is 4.49. The highest BCUT2D eigenvalue weighted by Crippen LogP contribution is 2.31. The van der Waals surface area contributed by atoms with Crippen molar-refractivity contribution in [3.8, 4) is 5.75 Å². The van der Waals surface area contributed by atoms with Crippen molar-refractivity contribution in [1.29, 1.82) is 0 Å². The second kappa shape index (κ2) is 9.49. The van der Waals surface area contributed by atoms with E-state index in [2.05, 4.69) is 31.2 Å². The van der Waals surface area contributed by atoms with E-state index in [0.29, 0.717) is 36.5 Å². The summed E-state index contributed by atoms with van der Waals surface area (Å²) in [7, 11) is 0. The summed E-state index contributed by atoms with van der Waals surface area (Å²) in [5.41, 5.74) is 4.52. The average Bonchev–Trinajstić information content (AvgIpc) is 2.80. The molecule has 0 atom stereocenters. The highest BCUT2D eigenvalue weighted by molar-refractivity contribution is 5.87. The number of hydrogen-bond donors (Lipinski definition) is 0. The van der Waals surface area contributed by atoms with Gasteiger partial charge in [0.15, 0.2) is 0 Å². The topological polar surface area (TPSA) is 65.7 Å². The van der Waals surface area contributed by atoms with Gasteiger partial charge in [0.1, 0.15) is 17.9 Å². The van der Waals surface area contributed by atoms with E-state index in [1.807, 2.05) is 38.1 Å². The van der Waals surface area contributed by atoms with Crippen molar-refractivity contribution in [3.05, 3.63) is 86.8 Å². The number of rotatable bonds is 7. The van der Waals surface area contributed by atoms with Crippen molar-refractivity contribution >= 4 is 27.7 Å². The molecular weight excluding hydrogens is 416 g/mol. The van der Waals surface area contributed by atoms with E-state index in [4.69, 9.17) is 13.9 Å². The summed E-state index contributed by atoms with van der Waals surface area (Å²) in [4.78, 5) is 24.4. The first-order valence-corrected chi connectivity index (χ1v) is 11.2. The van der Waals surface area contributed by atoms with Gasteiger partial charge < -0.3 is 13.9 Å². The molecular formula is C28H28O5. The summed E-state index contributed by atoms with van der Waals surface area (Å²) < 4.78 is 16.9. The minimum atomic E-state index is -0.422. The Kier molecular flexibility index (Phi) is 6.50. The van der Waals surface area contributed by atoms with Gasteiger partial charge in [-0.3, -0.25) is 4.79 Å². The third-order valence-electron chi connectivity index (χ3n) is 6.19. The molecule has 1 aromatic heterocycles. The second-order valence-corrected chi connectivity index (χ2v) is 8.23. The first kappa shape index (κ1) is 22.6. The second-order valence-electron chi connectivity index (χ2n) is 8.23. The van der Waals surface area contributed by atoms with E-state index in [9.17, 15) is 9.59 Å². The van der Waals surface area contributed by atoms with E-state index in [-0.39, 0.29) is 12.4 Å². The Morgan fingerprint density at radius 2 is 1.70 bits per heavy atom. The highest BCUT2D eigenvalue weighted by atomic mass is 16.5. The fraction of sp³-hybridized carbons (Fsp3) is 0.286. The molecule has 0 saturated heterocycles. The van der Waals surface area contributed by atoms with Gasteiger partial charge in [0.05, 0.1) is 6.61 Å². The predicted molar refractivity (Wildman–Crippen MR) is 130 cm³/mol. The molecule has 33 heavy (non-hydrogen) atoms. The molecule has 0 fully saturated rings. The smallest absolute Gasteiger partial charge is 0.339 e. The van der Waals surface area contributed by atoms with Gasteiger partial charge in [-0.1, -0.05) is 36.4 Å². The number of benzene rings is 3. The zero-order chi connectivity index (χ0) is 23.5. The molecule has 0 unspecified atom stereocenters. The van der Waals surface area contributed by atoms with E-state index >= 15 is 0 Å². The van der Waals surface area contributed by atoms with Crippen LogP contribution in [0.15, 0.2) is 57.7 Å². The van der Waals surface area contributed by atoms with Crippen molar-refractivity contribution in [2.75, 3.05) is 6.61 Å². The maximum Gasteiger partial charge on any atom is 0.339 e. The molecule has 4 rings (SSSR count). The van der Waals surface area contributed by atoms with Crippen molar-refractivity contribution in [2.24, 2.45) is 0 Å². The van der Waals surface area contributed by atoms with E-state index in [1.165, 1.54) is 16.3 Å². The minimum absolute atomic E-state index is 0.148. The molecule has 3 aromatic carbocycles. The van der Waals surface area contributed by atoms with Crippen LogP contribution >= 0.6 is 0 Å². The van der Waals surface area contributed by atoms with Crippen molar-refractivity contribution in [3.63, 3.8) is 0 Å². The summed E-state index contributed by atoms with van der Waals surface area (Å²) in [5.74, 6) is 0.358. The van der Waals surface area contributed by atoms with Gasteiger partial charge in [-0.25, -0.2) is 4.79 Å². The van der Waals surface area contributed by atoms with Crippen LogP contribution in [0.4, 0.5) is 0 Å². The number of ether oxygens (including phenoxy) is 2. The fourth-order valence-electron chi connectivity index (χ4n) is 4.26. The Labute approximate surface area is 192 Å². The Morgan fingerprint density at radius 1 is 0.909 bits per heavy atom. The molecule has 0 aliphatic carbocycles. The van der Waals surface area contributed by atoms with Gasteiger partial charge in [0.2, 0.25) is 0 Å². The molecule has 1 heterocycles. The first-order valence-electron chi connectivity index (χ1n) is 11.2. The molecule has 0 aliphatic rings. The number of carbonyl (C=O) groups excluding carboxylic acids is 1. The van der Waals surface area contributed by atoms with Crippen LogP contribution in [-0.4, -0.2) is 12.6 Å². The molecule has 0 saturated carbocycles. The van der Waals surface area contributed by atoms with Crippen LogP contribution in [0.5, 0.6) is 5.75 Å². The van der Waals surface area contributed by atoms with Gasteiger partial charge in [-0.15, -0.1) is 0 Å². The van der Waals surface area contributed by atoms with Gasteiger partial charge in [0, 0.05) is 28.5 Å². The van der Waals surface area contributed by atoms with Gasteiger partial charge >= 0.3 is 11.6 Å². The van der Waals surface area contributed by atoms with Gasteiger partial charge in [-0.05, 0) is 68.1 Å². The van der Waals surface area contributed by atoms with Crippen molar-refractivity contribution in [1.82, 2.24) is 0 Å². The van der Waals surface area contributed by atoms with Crippen molar-refractivity contribution < 1.29 is 18.7 Å². The Balaban J connectivity index is 1.64. The molecule has 0 spiro atoms. The van der Waals surface area contributed by atoms with E-state index in [0.717, 1.165) is 22.1 Å². The third-order valence-corrected chi connectivity index (χ3v) is 6.19. The number of carbonyl (C=O) groups is 1. The lowest BCUT2D eigenvalue weighted by Gasteiger charge is -2.15. The standard InChI is InChI=1S/C28H28O5/c1-5-31-26(29)15-13-22-18(3)21-12-14-25(19(4)27(21)33-28(22)30)32-16-24-17(2)10-11-20-8-6-7-9-23(20)24/h6-12,14H,5,13,15-16H2,1-4H3. The van der Waals surface area contributed by atoms with Crippen LogP contribution in [0.2, 0.25) is 0 Å². The summed E-state index contributed by atoms with van der Waals surface area (Å²) in [5, 5.41) is 3.19. The summed E-state index contributed by atoms with van der Waals surface area (Å²) >= 11 is 0. The number of fused-ring (bicyclic) bond motifs is 2. The average molecular weight is 445 g/mol. The Bertz CT molecular complexity index is 1400. The highest BCUT2D eigenvalue weighted by Gasteiger charge is 2.17. The lowest BCUT2D eigenvalue weighted by molar-refractivity contribution is -0.143.